The molecule has 1 saturated carbocycles. The van der Waals surface area contributed by atoms with Crippen molar-refractivity contribution in [2.45, 2.75) is 44.8 Å². The third-order valence-electron chi connectivity index (χ3n) is 5.83. The number of hydrogen-bond donors (Lipinski definition) is 0. The smallest absolute Gasteiger partial charge is 0.115 e. The Hall–Kier alpha value is -2.36. The van der Waals surface area contributed by atoms with Crippen molar-refractivity contribution in [2.24, 2.45) is 5.92 Å². The van der Waals surface area contributed by atoms with E-state index < -0.39 is 0 Å². The van der Waals surface area contributed by atoms with E-state index in [4.69, 9.17) is 9.47 Å². The van der Waals surface area contributed by atoms with Gasteiger partial charge in [-0.05, 0) is 50.3 Å². The van der Waals surface area contributed by atoms with Crippen molar-refractivity contribution in [1.29, 1.82) is 0 Å². The summed E-state index contributed by atoms with van der Waals surface area (Å²) in [5.41, 5.74) is 4.27. The molecule has 1 aromatic heterocycles. The largest absolute Gasteiger partial charge is 0.378 e. The topological polar surface area (TPSA) is 52.4 Å². The Kier molecular flexibility index (Phi) is 5.51. The fraction of sp³-hybridized carbons (Fsp3) is 0.565. The summed E-state index contributed by atoms with van der Waals surface area (Å²) in [5, 5.41) is 8.86. The molecule has 3 fully saturated rings. The molecule has 2 aliphatic heterocycles. The summed E-state index contributed by atoms with van der Waals surface area (Å²) in [6, 6.07) is 6.46. The van der Waals surface area contributed by atoms with Crippen LogP contribution in [0.4, 0.5) is 5.69 Å². The lowest BCUT2D eigenvalue weighted by molar-refractivity contribution is 0.00370. The predicted octanol–water partition coefficient (Wildman–Crippen LogP) is 3.11. The average molecular weight is 393 g/mol. The van der Waals surface area contributed by atoms with E-state index in [0.29, 0.717) is 5.92 Å². The van der Waals surface area contributed by atoms with Crippen LogP contribution in [-0.2, 0) is 16.0 Å². The molecular weight excluding hydrogens is 364 g/mol. The van der Waals surface area contributed by atoms with Crippen LogP contribution in [-0.4, -0.2) is 54.0 Å². The van der Waals surface area contributed by atoms with Crippen LogP contribution >= 0.6 is 0 Å². The van der Waals surface area contributed by atoms with Gasteiger partial charge in [0.25, 0.3) is 0 Å². The van der Waals surface area contributed by atoms with Crippen molar-refractivity contribution in [3.63, 3.8) is 0 Å². The van der Waals surface area contributed by atoms with E-state index in [9.17, 15) is 0 Å². The van der Waals surface area contributed by atoms with E-state index in [1.807, 2.05) is 10.9 Å². The summed E-state index contributed by atoms with van der Waals surface area (Å²) in [6.45, 7) is 4.90. The molecule has 1 aliphatic carbocycles. The van der Waals surface area contributed by atoms with E-state index >= 15 is 0 Å². The minimum absolute atomic E-state index is 0.247. The van der Waals surface area contributed by atoms with Gasteiger partial charge in [0.1, 0.15) is 5.69 Å². The Morgan fingerprint density at radius 1 is 1.07 bits per heavy atom. The molecule has 0 bridgehead atoms. The first-order valence-electron chi connectivity index (χ1n) is 10.9. The SMILES string of the molecule is C(#CC1CC1)c1ccc(-c2cn(CC3CCCCO3)nn2)c(N2CCOCC2)c1. The van der Waals surface area contributed by atoms with E-state index in [-0.39, 0.29) is 6.10 Å². The molecule has 1 unspecified atom stereocenters. The van der Waals surface area contributed by atoms with E-state index in [1.54, 1.807) is 0 Å². The van der Waals surface area contributed by atoms with E-state index in [2.05, 4.69) is 45.3 Å². The second kappa shape index (κ2) is 8.56. The number of benzene rings is 1. The first-order chi connectivity index (χ1) is 14.3. The highest BCUT2D eigenvalue weighted by molar-refractivity contribution is 5.77. The summed E-state index contributed by atoms with van der Waals surface area (Å²) in [7, 11) is 0. The Balaban J connectivity index is 1.41. The molecule has 3 heterocycles. The number of rotatable bonds is 4. The van der Waals surface area contributed by atoms with Gasteiger partial charge in [0.05, 0.1) is 32.1 Å². The Bertz CT molecular complexity index is 897. The van der Waals surface area contributed by atoms with Crippen molar-refractivity contribution < 1.29 is 9.47 Å². The lowest BCUT2D eigenvalue weighted by Crippen LogP contribution is -2.36. The lowest BCUT2D eigenvalue weighted by atomic mass is 10.0. The number of anilines is 1. The molecule has 6 nitrogen and oxygen atoms in total. The molecule has 3 aliphatic rings. The van der Waals surface area contributed by atoms with Crippen LogP contribution in [0.2, 0.25) is 0 Å². The minimum atomic E-state index is 0.247. The lowest BCUT2D eigenvalue weighted by Gasteiger charge is -2.30. The highest BCUT2D eigenvalue weighted by Crippen LogP contribution is 2.32. The molecular formula is C23H28N4O2. The predicted molar refractivity (Wildman–Crippen MR) is 112 cm³/mol. The molecule has 0 amide bonds. The summed E-state index contributed by atoms with van der Waals surface area (Å²) in [4.78, 5) is 2.38. The van der Waals surface area contributed by atoms with Crippen LogP contribution in [0.3, 0.4) is 0 Å². The molecule has 5 rings (SSSR count). The Morgan fingerprint density at radius 2 is 1.97 bits per heavy atom. The van der Waals surface area contributed by atoms with Gasteiger partial charge in [-0.25, -0.2) is 4.68 Å². The van der Waals surface area contributed by atoms with Crippen molar-refractivity contribution >= 4 is 5.69 Å². The molecule has 2 aromatic rings. The average Bonchev–Trinajstić information content (AvgIpc) is 3.50. The normalized spacial score (nSPS) is 22.2. The van der Waals surface area contributed by atoms with Crippen LogP contribution < -0.4 is 4.90 Å². The number of hydrogen-bond acceptors (Lipinski definition) is 5. The number of aromatic nitrogens is 3. The van der Waals surface area contributed by atoms with Crippen LogP contribution in [0.1, 0.15) is 37.7 Å². The zero-order chi connectivity index (χ0) is 19.5. The third kappa shape index (κ3) is 4.63. The second-order valence-electron chi connectivity index (χ2n) is 8.19. The van der Waals surface area contributed by atoms with Crippen molar-refractivity contribution in [3.05, 3.63) is 30.0 Å². The second-order valence-corrected chi connectivity index (χ2v) is 8.19. The number of ether oxygens (including phenoxy) is 2. The Morgan fingerprint density at radius 3 is 2.76 bits per heavy atom. The van der Waals surface area contributed by atoms with Crippen molar-refractivity contribution in [2.75, 3.05) is 37.8 Å². The van der Waals surface area contributed by atoms with E-state index in [0.717, 1.165) is 69.1 Å². The van der Waals surface area contributed by atoms with Crippen LogP contribution in [0.25, 0.3) is 11.3 Å². The van der Waals surface area contributed by atoms with E-state index in [1.165, 1.54) is 24.9 Å². The van der Waals surface area contributed by atoms with Crippen LogP contribution in [0.15, 0.2) is 24.4 Å². The maximum absolute atomic E-state index is 5.86. The summed E-state index contributed by atoms with van der Waals surface area (Å²) in [6.07, 6.45) is 8.28. The molecule has 0 N–H and O–H groups in total. The highest BCUT2D eigenvalue weighted by atomic mass is 16.5. The van der Waals surface area contributed by atoms with Gasteiger partial charge in [0.15, 0.2) is 0 Å². The van der Waals surface area contributed by atoms with Gasteiger partial charge in [0, 0.05) is 42.4 Å². The summed E-state index contributed by atoms with van der Waals surface area (Å²) < 4.78 is 13.3. The molecule has 6 heteroatoms. The molecule has 1 aromatic carbocycles. The molecule has 29 heavy (non-hydrogen) atoms. The fourth-order valence-electron chi connectivity index (χ4n) is 3.98. The maximum Gasteiger partial charge on any atom is 0.115 e. The Labute approximate surface area is 172 Å². The zero-order valence-corrected chi connectivity index (χ0v) is 16.8. The first-order valence-corrected chi connectivity index (χ1v) is 10.9. The number of nitrogens with zero attached hydrogens (tertiary/aromatic N) is 4. The number of morpholine rings is 1. The van der Waals surface area contributed by atoms with Gasteiger partial charge in [0.2, 0.25) is 0 Å². The van der Waals surface area contributed by atoms with Crippen LogP contribution in [0.5, 0.6) is 0 Å². The monoisotopic (exact) mass is 392 g/mol. The van der Waals surface area contributed by atoms with Crippen molar-refractivity contribution in [3.8, 4) is 23.1 Å². The van der Waals surface area contributed by atoms with Crippen molar-refractivity contribution in [1.82, 2.24) is 15.0 Å². The van der Waals surface area contributed by atoms with Gasteiger partial charge in [-0.3, -0.25) is 0 Å². The van der Waals surface area contributed by atoms with Gasteiger partial charge < -0.3 is 14.4 Å². The standard InChI is InChI=1S/C23H28N4O2/c1-2-12-29-20(3-1)16-27-17-22(24-25-27)21-9-8-19(7-6-18-4-5-18)15-23(21)26-10-13-28-14-11-26/h8-9,15,17-18,20H,1-5,10-14,16H2. The zero-order valence-electron chi connectivity index (χ0n) is 16.8. The summed E-state index contributed by atoms with van der Waals surface area (Å²) >= 11 is 0. The fourth-order valence-corrected chi connectivity index (χ4v) is 3.98. The van der Waals surface area contributed by atoms with Gasteiger partial charge >= 0.3 is 0 Å². The van der Waals surface area contributed by atoms with Gasteiger partial charge in [-0.15, -0.1) is 5.10 Å². The van der Waals surface area contributed by atoms with Gasteiger partial charge in [-0.1, -0.05) is 17.1 Å². The molecule has 152 valence electrons. The summed E-state index contributed by atoms with van der Waals surface area (Å²) in [5.74, 6) is 7.33. The van der Waals surface area contributed by atoms with Gasteiger partial charge in [-0.2, -0.15) is 0 Å². The molecule has 0 spiro atoms. The maximum atomic E-state index is 5.86. The molecule has 2 saturated heterocycles. The first kappa shape index (κ1) is 18.7. The highest BCUT2D eigenvalue weighted by Gasteiger charge is 2.20. The van der Waals surface area contributed by atoms with Crippen LogP contribution in [0, 0.1) is 17.8 Å². The molecule has 0 radical (unpaired) electrons. The quantitative estimate of drug-likeness (QED) is 0.749. The third-order valence-corrected chi connectivity index (χ3v) is 5.83. The minimum Gasteiger partial charge on any atom is -0.378 e. The molecule has 1 atom stereocenters.